The Morgan fingerprint density at radius 1 is 1.15 bits per heavy atom. The van der Waals surface area contributed by atoms with E-state index >= 15 is 0 Å². The van der Waals surface area contributed by atoms with Gasteiger partial charge >= 0.3 is 0 Å². The summed E-state index contributed by atoms with van der Waals surface area (Å²) in [6.45, 7) is 1.22. The van der Waals surface area contributed by atoms with Crippen LogP contribution < -0.4 is 9.47 Å². The second-order valence-electron chi connectivity index (χ2n) is 9.51. The van der Waals surface area contributed by atoms with E-state index in [0.29, 0.717) is 15.9 Å². The molecule has 4 rings (SSSR count). The largest absolute Gasteiger partial charge is 0.351 e. The zero-order valence-electron chi connectivity index (χ0n) is 20.1. The topological polar surface area (TPSA) is 44.5 Å². The zero-order chi connectivity index (χ0) is 24.0. The summed E-state index contributed by atoms with van der Waals surface area (Å²) in [4.78, 5) is 2.45. The third kappa shape index (κ3) is 4.75. The van der Waals surface area contributed by atoms with Gasteiger partial charge in [-0.1, -0.05) is 29.5 Å². The first-order chi connectivity index (χ1) is 15.5. The molecule has 0 amide bonds. The van der Waals surface area contributed by atoms with Gasteiger partial charge < -0.3 is 9.38 Å². The standard InChI is InChI=1S/C25H32N4O2S2/c1-26-14-13-19(21-9-7-8-10-22(21)26)17-25-28(3)23-12-11-20(18-24(23)32-25)33(30,31)27(2)15-16-29(4,5)6/h7-14,17-18H,15-16H2,1-6H3/q+2. The van der Waals surface area contributed by atoms with E-state index in [-0.39, 0.29) is 0 Å². The maximum atomic E-state index is 13.2. The molecule has 3 aromatic rings. The minimum absolute atomic E-state index is 0.337. The van der Waals surface area contributed by atoms with Crippen LogP contribution in [0, 0.1) is 0 Å². The van der Waals surface area contributed by atoms with Crippen LogP contribution in [0.3, 0.4) is 0 Å². The molecule has 1 aromatic heterocycles. The minimum Gasteiger partial charge on any atom is -0.351 e. The van der Waals surface area contributed by atoms with Gasteiger partial charge in [0, 0.05) is 43.7 Å². The maximum Gasteiger partial charge on any atom is 0.263 e. The summed E-state index contributed by atoms with van der Waals surface area (Å²) >= 11 is 1.61. The van der Waals surface area contributed by atoms with Crippen molar-refractivity contribution in [2.24, 2.45) is 7.05 Å². The Kier molecular flexibility index (Phi) is 6.22. The molecule has 0 radical (unpaired) electrons. The van der Waals surface area contributed by atoms with Crippen molar-refractivity contribution in [2.45, 2.75) is 4.90 Å². The van der Waals surface area contributed by atoms with E-state index in [1.54, 1.807) is 30.5 Å². The number of benzene rings is 2. The molecule has 8 heteroatoms. The monoisotopic (exact) mass is 484 g/mol. The van der Waals surface area contributed by atoms with E-state index in [9.17, 15) is 8.42 Å². The molecule has 0 saturated heterocycles. The van der Waals surface area contributed by atoms with E-state index in [1.807, 2.05) is 26.2 Å². The number of quaternary nitrogens is 1. The van der Waals surface area contributed by atoms with Crippen LogP contribution in [0.25, 0.3) is 21.9 Å². The number of aryl methyl sites for hydroxylation is 1. The fourth-order valence-corrected chi connectivity index (χ4v) is 6.23. The van der Waals surface area contributed by atoms with Crippen molar-refractivity contribution in [1.82, 2.24) is 4.31 Å². The molecule has 1 aliphatic heterocycles. The van der Waals surface area contributed by atoms with Crippen molar-refractivity contribution in [1.29, 1.82) is 0 Å². The molecule has 0 aliphatic carbocycles. The predicted molar refractivity (Wildman–Crippen MR) is 138 cm³/mol. The average molecular weight is 485 g/mol. The number of sulfonamides is 1. The maximum absolute atomic E-state index is 13.2. The third-order valence-electron chi connectivity index (χ3n) is 5.98. The summed E-state index contributed by atoms with van der Waals surface area (Å²) < 4.78 is 31.6. The number of thiazole rings is 1. The van der Waals surface area contributed by atoms with Crippen LogP contribution in [0.15, 0.2) is 59.6 Å². The predicted octanol–water partition coefficient (Wildman–Crippen LogP) is 3.56. The van der Waals surface area contributed by atoms with Crippen molar-refractivity contribution in [3.05, 3.63) is 65.3 Å². The Balaban J connectivity index is 1.70. The molecule has 0 spiro atoms. The van der Waals surface area contributed by atoms with Gasteiger partial charge in [-0.05, 0) is 29.8 Å². The van der Waals surface area contributed by atoms with E-state index in [0.717, 1.165) is 27.3 Å². The lowest BCUT2D eigenvalue weighted by Gasteiger charge is -2.26. The van der Waals surface area contributed by atoms with Crippen molar-refractivity contribution in [2.75, 3.05) is 53.2 Å². The normalized spacial score (nSPS) is 15.6. The van der Waals surface area contributed by atoms with Crippen LogP contribution >= 0.6 is 11.3 Å². The zero-order valence-corrected chi connectivity index (χ0v) is 21.7. The van der Waals surface area contributed by atoms with Gasteiger partial charge in [-0.3, -0.25) is 0 Å². The van der Waals surface area contributed by atoms with Gasteiger partial charge in [0.2, 0.25) is 15.5 Å². The van der Waals surface area contributed by atoms with Gasteiger partial charge in [0.1, 0.15) is 11.7 Å². The highest BCUT2D eigenvalue weighted by Crippen LogP contribution is 2.34. The molecule has 0 saturated carbocycles. The molecular formula is C25H32N4O2S2+2. The number of hydrogen-bond donors (Lipinski definition) is 0. The number of para-hydroxylation sites is 1. The summed E-state index contributed by atoms with van der Waals surface area (Å²) in [7, 11) is 8.37. The summed E-state index contributed by atoms with van der Waals surface area (Å²) in [5.41, 5.74) is 4.51. The number of anilines is 1. The van der Waals surface area contributed by atoms with Gasteiger partial charge in [0.15, 0.2) is 0 Å². The molecule has 1 aliphatic rings. The fourth-order valence-electron chi connectivity index (χ4n) is 3.83. The highest BCUT2D eigenvalue weighted by molar-refractivity contribution is 7.89. The molecule has 174 valence electrons. The Morgan fingerprint density at radius 3 is 2.61 bits per heavy atom. The molecule has 6 nitrogen and oxygen atoms in total. The van der Waals surface area contributed by atoms with Crippen LogP contribution in [0.2, 0.25) is 0 Å². The summed E-state index contributed by atoms with van der Waals surface area (Å²) in [5.74, 6) is 0. The molecule has 2 heterocycles. The lowest BCUT2D eigenvalue weighted by atomic mass is 10.00. The van der Waals surface area contributed by atoms with Crippen LogP contribution in [0.4, 0.5) is 5.69 Å². The van der Waals surface area contributed by atoms with Gasteiger partial charge in [-0.15, -0.1) is 0 Å². The van der Waals surface area contributed by atoms with E-state index in [1.165, 1.54) is 15.6 Å². The Morgan fingerprint density at radius 2 is 1.88 bits per heavy atom. The first-order valence-electron chi connectivity index (χ1n) is 10.9. The Labute approximate surface area is 200 Å². The average Bonchev–Trinajstić information content (AvgIpc) is 3.08. The molecule has 0 N–H and O–H groups in total. The summed E-state index contributed by atoms with van der Waals surface area (Å²) in [5, 5.41) is 1.07. The Bertz CT molecular complexity index is 1360. The number of rotatable bonds is 6. The smallest absolute Gasteiger partial charge is 0.263 e. The number of likely N-dealkylation sites (N-methyl/N-ethyl adjacent to an activating group) is 2. The van der Waals surface area contributed by atoms with Gasteiger partial charge in [0.05, 0.1) is 39.1 Å². The second-order valence-corrected chi connectivity index (χ2v) is 12.6. The fraction of sp³-hybridized carbons (Fsp3) is 0.320. The number of aromatic nitrogens is 1. The molecular weight excluding hydrogens is 452 g/mol. The van der Waals surface area contributed by atoms with Crippen LogP contribution in [-0.4, -0.2) is 65.5 Å². The van der Waals surface area contributed by atoms with Crippen molar-refractivity contribution in [3.8, 4) is 0 Å². The highest BCUT2D eigenvalue weighted by atomic mass is 32.2. The summed E-state index contributed by atoms with van der Waals surface area (Å²) in [6.07, 6.45) is 6.36. The SMILES string of the molecule is CN1C=C/C(=C\c2sc3cc(S(=O)(=O)N(C)CC[N+](C)(C)C)ccc3[n+]2C)c2ccccc21. The number of allylic oxidation sites excluding steroid dienone is 2. The lowest BCUT2D eigenvalue weighted by Crippen LogP contribution is -2.42. The van der Waals surface area contributed by atoms with Crippen LogP contribution in [-0.2, 0) is 17.1 Å². The number of hydrogen-bond acceptors (Lipinski definition) is 4. The minimum atomic E-state index is -3.54. The molecule has 0 fully saturated rings. The van der Waals surface area contributed by atoms with Crippen molar-refractivity contribution in [3.63, 3.8) is 0 Å². The molecule has 0 unspecified atom stereocenters. The van der Waals surface area contributed by atoms with Gasteiger partial charge in [-0.2, -0.15) is 8.87 Å². The number of nitrogens with zero attached hydrogens (tertiary/aromatic N) is 4. The number of fused-ring (bicyclic) bond motifs is 2. The van der Waals surface area contributed by atoms with Gasteiger partial charge in [0.25, 0.3) is 5.01 Å². The van der Waals surface area contributed by atoms with Crippen molar-refractivity contribution < 1.29 is 17.5 Å². The lowest BCUT2D eigenvalue weighted by molar-refractivity contribution is -0.869. The first-order valence-corrected chi connectivity index (χ1v) is 13.1. The summed E-state index contributed by atoms with van der Waals surface area (Å²) in [6, 6.07) is 13.8. The van der Waals surface area contributed by atoms with E-state index in [2.05, 4.69) is 67.2 Å². The van der Waals surface area contributed by atoms with Gasteiger partial charge in [-0.25, -0.2) is 8.42 Å². The Hall–Kier alpha value is -2.52. The van der Waals surface area contributed by atoms with Crippen molar-refractivity contribution >= 4 is 48.9 Å². The second kappa shape index (κ2) is 8.68. The first kappa shape index (κ1) is 23.6. The van der Waals surface area contributed by atoms with Crippen LogP contribution in [0.5, 0.6) is 0 Å². The van der Waals surface area contributed by atoms with E-state index in [4.69, 9.17) is 0 Å². The van der Waals surface area contributed by atoms with E-state index < -0.39 is 10.0 Å². The molecule has 0 atom stereocenters. The third-order valence-corrected chi connectivity index (χ3v) is 8.98. The molecule has 33 heavy (non-hydrogen) atoms. The molecule has 0 bridgehead atoms. The van der Waals surface area contributed by atoms with Crippen LogP contribution in [0.1, 0.15) is 10.6 Å². The molecule has 2 aromatic carbocycles. The highest BCUT2D eigenvalue weighted by Gasteiger charge is 2.25. The quantitative estimate of drug-likeness (QED) is 0.397.